The Morgan fingerprint density at radius 2 is 2.08 bits per heavy atom. The molecule has 1 aliphatic rings. The van der Waals surface area contributed by atoms with Crippen molar-refractivity contribution in [1.82, 2.24) is 4.90 Å². The summed E-state index contributed by atoms with van der Waals surface area (Å²) < 4.78 is 0. The Balaban J connectivity index is 2.25. The van der Waals surface area contributed by atoms with Gasteiger partial charge in [-0.3, -0.25) is 4.99 Å². The third kappa shape index (κ3) is 3.05. The van der Waals surface area contributed by atoms with Gasteiger partial charge in [0.05, 0.1) is 6.04 Å². The van der Waals surface area contributed by atoms with Gasteiger partial charge in [-0.05, 0) is 45.3 Å². The number of hydrogen-bond acceptors (Lipinski definition) is 3. The number of likely N-dealkylation sites (tertiary alicyclic amines) is 1. The molecule has 12 heavy (non-hydrogen) atoms. The first-order valence-corrected chi connectivity index (χ1v) is 4.41. The molecule has 0 amide bonds. The molecule has 0 bridgehead atoms. The molecule has 0 aromatic carbocycles. The summed E-state index contributed by atoms with van der Waals surface area (Å²) in [5.74, 6) is 0. The molecule has 0 radical (unpaired) electrons. The van der Waals surface area contributed by atoms with Crippen LogP contribution in [-0.4, -0.2) is 37.3 Å². The Kier molecular flexibility index (Phi) is 3.80. The molecule has 0 saturated carbocycles. The zero-order valence-electron chi connectivity index (χ0n) is 7.61. The fraction of sp³-hybridized carbons (Fsp3) is 0.667. The standard InChI is InChI=1S/C9H17N3/c1-12-7-3-9(4-8-12)11-6-2-5-10/h2,5-6,9H,3-4,7-8,10H2,1H3/b5-2-,11-6?. The molecule has 3 heteroatoms. The SMILES string of the molecule is CN1CCC(N=C/C=C\N)CC1. The molecule has 0 unspecified atom stereocenters. The second kappa shape index (κ2) is 4.93. The lowest BCUT2D eigenvalue weighted by Gasteiger charge is -2.26. The molecular weight excluding hydrogens is 150 g/mol. The Labute approximate surface area is 74.0 Å². The van der Waals surface area contributed by atoms with E-state index in [0.717, 1.165) is 13.1 Å². The fourth-order valence-corrected chi connectivity index (χ4v) is 1.37. The summed E-state index contributed by atoms with van der Waals surface area (Å²) >= 11 is 0. The zero-order valence-corrected chi connectivity index (χ0v) is 7.61. The van der Waals surface area contributed by atoms with Gasteiger partial charge in [-0.25, -0.2) is 0 Å². The van der Waals surface area contributed by atoms with E-state index in [0.29, 0.717) is 6.04 Å². The van der Waals surface area contributed by atoms with Crippen molar-refractivity contribution in [2.24, 2.45) is 10.7 Å². The van der Waals surface area contributed by atoms with Gasteiger partial charge in [0, 0.05) is 6.21 Å². The van der Waals surface area contributed by atoms with E-state index in [4.69, 9.17) is 5.73 Å². The van der Waals surface area contributed by atoms with Gasteiger partial charge < -0.3 is 10.6 Å². The molecule has 2 N–H and O–H groups in total. The topological polar surface area (TPSA) is 41.6 Å². The van der Waals surface area contributed by atoms with Crippen molar-refractivity contribution in [2.75, 3.05) is 20.1 Å². The van der Waals surface area contributed by atoms with Crippen LogP contribution in [0.3, 0.4) is 0 Å². The van der Waals surface area contributed by atoms with Crippen LogP contribution in [0.1, 0.15) is 12.8 Å². The quantitative estimate of drug-likeness (QED) is 0.613. The molecule has 0 aromatic heterocycles. The highest BCUT2D eigenvalue weighted by Crippen LogP contribution is 2.10. The summed E-state index contributed by atoms with van der Waals surface area (Å²) in [5, 5.41) is 0. The van der Waals surface area contributed by atoms with Gasteiger partial charge in [-0.2, -0.15) is 0 Å². The number of allylic oxidation sites excluding steroid dienone is 1. The van der Waals surface area contributed by atoms with Crippen LogP contribution in [0.2, 0.25) is 0 Å². The number of piperidine rings is 1. The lowest BCUT2D eigenvalue weighted by molar-refractivity contribution is 0.257. The first-order chi connectivity index (χ1) is 5.83. The van der Waals surface area contributed by atoms with Crippen molar-refractivity contribution in [3.8, 4) is 0 Å². The van der Waals surface area contributed by atoms with Gasteiger partial charge in [-0.15, -0.1) is 0 Å². The number of hydrogen-bond donors (Lipinski definition) is 1. The summed E-state index contributed by atoms with van der Waals surface area (Å²) in [5.41, 5.74) is 5.19. The molecule has 1 saturated heterocycles. The minimum atomic E-state index is 0.511. The minimum Gasteiger partial charge on any atom is -0.405 e. The van der Waals surface area contributed by atoms with Gasteiger partial charge in [0.15, 0.2) is 0 Å². The first-order valence-electron chi connectivity index (χ1n) is 4.41. The highest BCUT2D eigenvalue weighted by atomic mass is 15.1. The lowest BCUT2D eigenvalue weighted by Crippen LogP contribution is -2.31. The van der Waals surface area contributed by atoms with Gasteiger partial charge in [0.25, 0.3) is 0 Å². The molecular formula is C9H17N3. The molecule has 1 rings (SSSR count). The van der Waals surface area contributed by atoms with Crippen LogP contribution in [0.25, 0.3) is 0 Å². The van der Waals surface area contributed by atoms with Gasteiger partial charge in [0.1, 0.15) is 0 Å². The summed E-state index contributed by atoms with van der Waals surface area (Å²) in [6, 6.07) is 0.511. The van der Waals surface area contributed by atoms with Gasteiger partial charge in [-0.1, -0.05) is 0 Å². The number of nitrogens with zero attached hydrogens (tertiary/aromatic N) is 2. The van der Waals surface area contributed by atoms with Crippen molar-refractivity contribution >= 4 is 6.21 Å². The predicted octanol–water partition coefficient (Wildman–Crippen LogP) is 0.624. The third-order valence-electron chi connectivity index (χ3n) is 2.18. The van der Waals surface area contributed by atoms with E-state index in [-0.39, 0.29) is 0 Å². The summed E-state index contributed by atoms with van der Waals surface area (Å²) in [7, 11) is 2.15. The van der Waals surface area contributed by atoms with Crippen molar-refractivity contribution in [1.29, 1.82) is 0 Å². The highest BCUT2D eigenvalue weighted by molar-refractivity contribution is 5.70. The number of aliphatic imine (C=N–C) groups is 1. The monoisotopic (exact) mass is 167 g/mol. The van der Waals surface area contributed by atoms with Crippen molar-refractivity contribution in [3.05, 3.63) is 12.3 Å². The largest absolute Gasteiger partial charge is 0.405 e. The second-order valence-electron chi connectivity index (χ2n) is 3.22. The zero-order chi connectivity index (χ0) is 8.81. The predicted molar refractivity (Wildman–Crippen MR) is 52.3 cm³/mol. The van der Waals surface area contributed by atoms with Crippen molar-refractivity contribution < 1.29 is 0 Å². The van der Waals surface area contributed by atoms with E-state index in [9.17, 15) is 0 Å². The van der Waals surface area contributed by atoms with Crippen LogP contribution >= 0.6 is 0 Å². The smallest absolute Gasteiger partial charge is 0.0523 e. The molecule has 3 nitrogen and oxygen atoms in total. The molecule has 0 atom stereocenters. The Hall–Kier alpha value is -0.830. The molecule has 1 heterocycles. The number of nitrogens with two attached hydrogens (primary N) is 1. The Morgan fingerprint density at radius 1 is 1.42 bits per heavy atom. The van der Waals surface area contributed by atoms with Crippen molar-refractivity contribution in [3.63, 3.8) is 0 Å². The van der Waals surface area contributed by atoms with Crippen LogP contribution in [0.4, 0.5) is 0 Å². The van der Waals surface area contributed by atoms with Crippen LogP contribution in [-0.2, 0) is 0 Å². The van der Waals surface area contributed by atoms with E-state index in [2.05, 4.69) is 16.9 Å². The Bertz CT molecular complexity index is 167. The highest BCUT2D eigenvalue weighted by Gasteiger charge is 2.13. The van der Waals surface area contributed by atoms with E-state index in [1.807, 2.05) is 0 Å². The summed E-state index contributed by atoms with van der Waals surface area (Å²) in [6.07, 6.45) is 7.43. The lowest BCUT2D eigenvalue weighted by atomic mass is 10.1. The van der Waals surface area contributed by atoms with Gasteiger partial charge in [0.2, 0.25) is 0 Å². The van der Waals surface area contributed by atoms with Crippen LogP contribution in [0.5, 0.6) is 0 Å². The summed E-state index contributed by atoms with van der Waals surface area (Å²) in [6.45, 7) is 2.32. The average molecular weight is 167 g/mol. The molecule has 1 aliphatic heterocycles. The maximum atomic E-state index is 5.19. The molecule has 1 fully saturated rings. The van der Waals surface area contributed by atoms with E-state index in [1.165, 1.54) is 19.0 Å². The van der Waals surface area contributed by atoms with Crippen LogP contribution in [0, 0.1) is 0 Å². The van der Waals surface area contributed by atoms with E-state index >= 15 is 0 Å². The van der Waals surface area contributed by atoms with Crippen molar-refractivity contribution in [2.45, 2.75) is 18.9 Å². The average Bonchev–Trinajstić information content (AvgIpc) is 2.09. The molecule has 0 spiro atoms. The molecule has 0 aromatic rings. The second-order valence-corrected chi connectivity index (χ2v) is 3.22. The van der Waals surface area contributed by atoms with Crippen LogP contribution < -0.4 is 5.73 Å². The third-order valence-corrected chi connectivity index (χ3v) is 2.18. The fourth-order valence-electron chi connectivity index (χ4n) is 1.37. The maximum Gasteiger partial charge on any atom is 0.0523 e. The first kappa shape index (κ1) is 9.26. The van der Waals surface area contributed by atoms with E-state index in [1.54, 1.807) is 12.3 Å². The maximum absolute atomic E-state index is 5.19. The number of rotatable bonds is 2. The molecule has 68 valence electrons. The van der Waals surface area contributed by atoms with Crippen LogP contribution in [0.15, 0.2) is 17.3 Å². The minimum absolute atomic E-state index is 0.511. The van der Waals surface area contributed by atoms with E-state index < -0.39 is 0 Å². The normalized spacial score (nSPS) is 22.8. The Morgan fingerprint density at radius 3 is 2.67 bits per heavy atom. The molecule has 0 aliphatic carbocycles. The summed E-state index contributed by atoms with van der Waals surface area (Å²) in [4.78, 5) is 6.73. The van der Waals surface area contributed by atoms with Gasteiger partial charge >= 0.3 is 0 Å².